The van der Waals surface area contributed by atoms with E-state index in [9.17, 15) is 4.79 Å². The fourth-order valence-electron chi connectivity index (χ4n) is 5.37. The van der Waals surface area contributed by atoms with Crippen molar-refractivity contribution >= 4 is 21.8 Å². The first-order valence-corrected chi connectivity index (χ1v) is 12.7. The zero-order valence-corrected chi connectivity index (χ0v) is 21.9. The molecule has 2 unspecified atom stereocenters. The molecule has 0 aliphatic carbocycles. The van der Waals surface area contributed by atoms with Crippen LogP contribution in [-0.4, -0.2) is 47.5 Å². The number of benzene rings is 2. The second-order valence-electron chi connectivity index (χ2n) is 9.21. The molecule has 0 spiro atoms. The fraction of sp³-hybridized carbons (Fsp3) is 0.357. The lowest BCUT2D eigenvalue weighted by atomic mass is 9.89. The lowest BCUT2D eigenvalue weighted by molar-refractivity contribution is -0.140. The second kappa shape index (κ2) is 9.99. The van der Waals surface area contributed by atoms with Crippen molar-refractivity contribution < 1.29 is 14.3 Å². The minimum atomic E-state index is -0.241. The molecule has 0 saturated heterocycles. The number of aromatic nitrogens is 1. The summed E-state index contributed by atoms with van der Waals surface area (Å²) in [6.07, 6.45) is 1.49. The highest BCUT2D eigenvalue weighted by atomic mass is 79.9. The molecule has 35 heavy (non-hydrogen) atoms. The summed E-state index contributed by atoms with van der Waals surface area (Å²) in [6, 6.07) is 18.2. The van der Waals surface area contributed by atoms with Crippen LogP contribution in [0.2, 0.25) is 0 Å². The number of carbonyl (C=O) groups is 1. The SMILES string of the molecule is COc1cc2c(cc1OC)C(C)N(C(=O)C1Cc3ccccc3CN1Cc1cccc(Br)n1)CC2. The first kappa shape index (κ1) is 23.8. The summed E-state index contributed by atoms with van der Waals surface area (Å²) in [5.74, 6) is 1.60. The molecular formula is C28H30BrN3O3. The van der Waals surface area contributed by atoms with Gasteiger partial charge in [-0.1, -0.05) is 30.3 Å². The smallest absolute Gasteiger partial charge is 0.240 e. The van der Waals surface area contributed by atoms with Crippen LogP contribution in [0.1, 0.15) is 40.9 Å². The highest BCUT2D eigenvalue weighted by Crippen LogP contribution is 2.39. The van der Waals surface area contributed by atoms with E-state index in [2.05, 4.69) is 63.1 Å². The number of rotatable bonds is 5. The molecule has 5 rings (SSSR count). The maximum atomic E-state index is 14.1. The number of amides is 1. The highest BCUT2D eigenvalue weighted by Gasteiger charge is 2.38. The van der Waals surface area contributed by atoms with Gasteiger partial charge in [0.1, 0.15) is 4.60 Å². The van der Waals surface area contributed by atoms with Gasteiger partial charge in [-0.05, 0) is 82.2 Å². The van der Waals surface area contributed by atoms with Gasteiger partial charge in [-0.25, -0.2) is 4.98 Å². The average molecular weight is 536 g/mol. The number of hydrogen-bond donors (Lipinski definition) is 0. The molecule has 3 heterocycles. The fourth-order valence-corrected chi connectivity index (χ4v) is 5.75. The Labute approximate surface area is 215 Å². The first-order valence-electron chi connectivity index (χ1n) is 12.0. The van der Waals surface area contributed by atoms with E-state index in [-0.39, 0.29) is 18.0 Å². The van der Waals surface area contributed by atoms with Crippen LogP contribution in [0.4, 0.5) is 0 Å². The molecule has 182 valence electrons. The third kappa shape index (κ3) is 4.67. The van der Waals surface area contributed by atoms with Gasteiger partial charge < -0.3 is 14.4 Å². The van der Waals surface area contributed by atoms with E-state index in [1.165, 1.54) is 16.7 Å². The summed E-state index contributed by atoms with van der Waals surface area (Å²) in [5, 5.41) is 0. The molecule has 0 radical (unpaired) electrons. The molecule has 1 amide bonds. The van der Waals surface area contributed by atoms with E-state index >= 15 is 0 Å². The summed E-state index contributed by atoms with van der Waals surface area (Å²) < 4.78 is 11.9. The normalized spacial score (nSPS) is 19.6. The van der Waals surface area contributed by atoms with Gasteiger partial charge in [0.2, 0.25) is 5.91 Å². The van der Waals surface area contributed by atoms with Gasteiger partial charge in [0.15, 0.2) is 11.5 Å². The molecule has 3 aromatic rings. The largest absolute Gasteiger partial charge is 0.493 e. The average Bonchev–Trinajstić information content (AvgIpc) is 2.87. The van der Waals surface area contributed by atoms with E-state index < -0.39 is 0 Å². The van der Waals surface area contributed by atoms with E-state index in [1.807, 2.05) is 29.2 Å². The van der Waals surface area contributed by atoms with Gasteiger partial charge in [-0.3, -0.25) is 9.69 Å². The van der Waals surface area contributed by atoms with Crippen LogP contribution in [-0.2, 0) is 30.7 Å². The Kier molecular flexibility index (Phi) is 6.80. The van der Waals surface area contributed by atoms with Gasteiger partial charge in [0.05, 0.1) is 32.0 Å². The first-order chi connectivity index (χ1) is 17.0. The van der Waals surface area contributed by atoms with E-state index in [1.54, 1.807) is 14.2 Å². The van der Waals surface area contributed by atoms with Crippen LogP contribution < -0.4 is 9.47 Å². The minimum Gasteiger partial charge on any atom is -0.493 e. The van der Waals surface area contributed by atoms with Crippen molar-refractivity contribution in [3.05, 3.63) is 87.1 Å². The standard InChI is InChI=1S/C28H30BrN3O3/c1-18-23-15-26(35-3)25(34-2)14-20(23)11-12-32(18)28(33)24-13-19-7-4-5-8-21(19)16-31(24)17-22-9-6-10-27(29)30-22/h4-10,14-15,18,24H,11-13,16-17H2,1-3H3. The van der Waals surface area contributed by atoms with Crippen molar-refractivity contribution in [2.24, 2.45) is 0 Å². The molecule has 0 saturated carbocycles. The maximum Gasteiger partial charge on any atom is 0.240 e. The van der Waals surface area contributed by atoms with Crippen LogP contribution in [0.15, 0.2) is 59.2 Å². The number of hydrogen-bond acceptors (Lipinski definition) is 5. The zero-order chi connectivity index (χ0) is 24.5. The monoisotopic (exact) mass is 535 g/mol. The van der Waals surface area contributed by atoms with Gasteiger partial charge in [0, 0.05) is 19.6 Å². The molecule has 7 heteroatoms. The molecule has 0 fully saturated rings. The van der Waals surface area contributed by atoms with Crippen molar-refractivity contribution in [3.63, 3.8) is 0 Å². The summed E-state index contributed by atoms with van der Waals surface area (Å²) in [4.78, 5) is 23.1. The van der Waals surface area contributed by atoms with E-state index in [0.29, 0.717) is 25.3 Å². The molecule has 0 N–H and O–H groups in total. The van der Waals surface area contributed by atoms with Gasteiger partial charge >= 0.3 is 0 Å². The molecule has 2 atom stereocenters. The van der Waals surface area contributed by atoms with Crippen LogP contribution in [0.5, 0.6) is 11.5 Å². The Morgan fingerprint density at radius 3 is 2.51 bits per heavy atom. The Morgan fingerprint density at radius 1 is 1.03 bits per heavy atom. The summed E-state index contributed by atoms with van der Waals surface area (Å²) in [6.45, 7) is 4.14. The minimum absolute atomic E-state index is 0.0472. The lowest BCUT2D eigenvalue weighted by Gasteiger charge is -2.42. The number of fused-ring (bicyclic) bond motifs is 2. The molecule has 1 aromatic heterocycles. The number of pyridine rings is 1. The summed E-state index contributed by atoms with van der Waals surface area (Å²) in [5.41, 5.74) is 5.81. The number of nitrogens with zero attached hydrogens (tertiary/aromatic N) is 3. The quantitative estimate of drug-likeness (QED) is 0.433. The third-order valence-corrected chi connectivity index (χ3v) is 7.68. The highest BCUT2D eigenvalue weighted by molar-refractivity contribution is 9.10. The molecule has 2 aliphatic heterocycles. The third-order valence-electron chi connectivity index (χ3n) is 7.24. The maximum absolute atomic E-state index is 14.1. The Bertz CT molecular complexity index is 1250. The van der Waals surface area contributed by atoms with Crippen LogP contribution >= 0.6 is 15.9 Å². The number of methoxy groups -OCH3 is 2. The molecule has 2 aromatic carbocycles. The molecular weight excluding hydrogens is 506 g/mol. The summed E-state index contributed by atoms with van der Waals surface area (Å²) >= 11 is 3.48. The van der Waals surface area contributed by atoms with Gasteiger partial charge in [0.25, 0.3) is 0 Å². The lowest BCUT2D eigenvalue weighted by Crippen LogP contribution is -2.53. The second-order valence-corrected chi connectivity index (χ2v) is 10.0. The Morgan fingerprint density at radius 2 is 1.77 bits per heavy atom. The van der Waals surface area contributed by atoms with Gasteiger partial charge in [-0.15, -0.1) is 0 Å². The number of ether oxygens (including phenoxy) is 2. The van der Waals surface area contributed by atoms with Crippen molar-refractivity contribution in [1.82, 2.24) is 14.8 Å². The van der Waals surface area contributed by atoms with Crippen molar-refractivity contribution in [2.75, 3.05) is 20.8 Å². The van der Waals surface area contributed by atoms with E-state index in [0.717, 1.165) is 34.6 Å². The predicted octanol–water partition coefficient (Wildman–Crippen LogP) is 4.93. The Balaban J connectivity index is 1.45. The van der Waals surface area contributed by atoms with Gasteiger partial charge in [-0.2, -0.15) is 0 Å². The van der Waals surface area contributed by atoms with Crippen molar-refractivity contribution in [2.45, 2.75) is 44.9 Å². The summed E-state index contributed by atoms with van der Waals surface area (Å²) in [7, 11) is 3.30. The van der Waals surface area contributed by atoms with Crippen LogP contribution in [0, 0.1) is 0 Å². The molecule has 6 nitrogen and oxygen atoms in total. The number of carbonyl (C=O) groups excluding carboxylic acids is 1. The van der Waals surface area contributed by atoms with E-state index in [4.69, 9.17) is 9.47 Å². The van der Waals surface area contributed by atoms with Crippen molar-refractivity contribution in [3.8, 4) is 11.5 Å². The van der Waals surface area contributed by atoms with Crippen LogP contribution in [0.25, 0.3) is 0 Å². The van der Waals surface area contributed by atoms with Crippen LogP contribution in [0.3, 0.4) is 0 Å². The Hall–Kier alpha value is -2.90. The molecule has 2 aliphatic rings. The zero-order valence-electron chi connectivity index (χ0n) is 20.3. The molecule has 0 bridgehead atoms. The van der Waals surface area contributed by atoms with Crippen molar-refractivity contribution in [1.29, 1.82) is 0 Å². The predicted molar refractivity (Wildman–Crippen MR) is 138 cm³/mol. The number of halogens is 1. The topological polar surface area (TPSA) is 54.9 Å².